The lowest BCUT2D eigenvalue weighted by atomic mass is 10.1. The molecule has 2 aromatic carbocycles. The molecule has 0 heterocycles. The fourth-order valence-electron chi connectivity index (χ4n) is 2.06. The summed E-state index contributed by atoms with van der Waals surface area (Å²) in [4.78, 5) is 46.5. The van der Waals surface area contributed by atoms with Crippen molar-refractivity contribution in [3.05, 3.63) is 71.3 Å². The van der Waals surface area contributed by atoms with Crippen molar-refractivity contribution in [2.75, 3.05) is 13.7 Å². The Hall–Kier alpha value is -3.68. The SMILES string of the molecule is COC(=O)c1ccc(C(=O)OCC(=O)NC(=O)NCc2ccccc2)cc1. The summed E-state index contributed by atoms with van der Waals surface area (Å²) in [7, 11) is 1.25. The van der Waals surface area contributed by atoms with Crippen molar-refractivity contribution in [2.24, 2.45) is 0 Å². The quantitative estimate of drug-likeness (QED) is 0.748. The van der Waals surface area contributed by atoms with E-state index in [2.05, 4.69) is 15.4 Å². The molecule has 0 unspecified atom stereocenters. The molecule has 2 aromatic rings. The fraction of sp³-hybridized carbons (Fsp3) is 0.158. The number of hydrogen-bond donors (Lipinski definition) is 2. The van der Waals surface area contributed by atoms with Crippen molar-refractivity contribution in [1.29, 1.82) is 0 Å². The van der Waals surface area contributed by atoms with E-state index in [4.69, 9.17) is 4.74 Å². The van der Waals surface area contributed by atoms with E-state index < -0.39 is 30.5 Å². The zero-order valence-corrected chi connectivity index (χ0v) is 14.6. The molecule has 2 N–H and O–H groups in total. The van der Waals surface area contributed by atoms with Gasteiger partial charge in [-0.05, 0) is 29.8 Å². The highest BCUT2D eigenvalue weighted by molar-refractivity contribution is 5.97. The van der Waals surface area contributed by atoms with Crippen LogP contribution in [0.1, 0.15) is 26.3 Å². The second-order valence-corrected chi connectivity index (χ2v) is 5.36. The number of methoxy groups -OCH3 is 1. The molecule has 0 aliphatic carbocycles. The first kappa shape index (κ1) is 19.6. The molecule has 2 rings (SSSR count). The Kier molecular flexibility index (Phi) is 7.07. The van der Waals surface area contributed by atoms with Gasteiger partial charge in [-0.25, -0.2) is 14.4 Å². The summed E-state index contributed by atoms with van der Waals surface area (Å²) in [6, 6.07) is 14.0. The summed E-state index contributed by atoms with van der Waals surface area (Å²) >= 11 is 0. The molecule has 0 spiro atoms. The van der Waals surface area contributed by atoms with Crippen LogP contribution in [-0.4, -0.2) is 37.6 Å². The Balaban J connectivity index is 1.75. The van der Waals surface area contributed by atoms with E-state index in [1.165, 1.54) is 31.4 Å². The lowest BCUT2D eigenvalue weighted by molar-refractivity contribution is -0.123. The Bertz CT molecular complexity index is 818. The summed E-state index contributed by atoms with van der Waals surface area (Å²) in [5, 5.41) is 4.58. The number of nitrogens with one attached hydrogen (secondary N) is 2. The lowest BCUT2D eigenvalue weighted by Crippen LogP contribution is -2.41. The molecule has 0 bridgehead atoms. The predicted molar refractivity (Wildman–Crippen MR) is 94.9 cm³/mol. The van der Waals surface area contributed by atoms with Crippen LogP contribution in [0.2, 0.25) is 0 Å². The van der Waals surface area contributed by atoms with Crippen molar-refractivity contribution in [3.63, 3.8) is 0 Å². The molecule has 0 saturated heterocycles. The molecule has 0 aliphatic rings. The molecule has 8 nitrogen and oxygen atoms in total. The first-order valence-electron chi connectivity index (χ1n) is 7.96. The van der Waals surface area contributed by atoms with Gasteiger partial charge in [0.2, 0.25) is 0 Å². The number of carbonyl (C=O) groups excluding carboxylic acids is 4. The first-order valence-corrected chi connectivity index (χ1v) is 7.96. The van der Waals surface area contributed by atoms with Gasteiger partial charge in [0.25, 0.3) is 5.91 Å². The van der Waals surface area contributed by atoms with E-state index in [1.54, 1.807) is 0 Å². The third-order valence-electron chi connectivity index (χ3n) is 3.42. The third kappa shape index (κ3) is 6.28. The van der Waals surface area contributed by atoms with Crippen molar-refractivity contribution >= 4 is 23.9 Å². The van der Waals surface area contributed by atoms with E-state index in [9.17, 15) is 19.2 Å². The summed E-state index contributed by atoms with van der Waals surface area (Å²) < 4.78 is 9.39. The van der Waals surface area contributed by atoms with Gasteiger partial charge in [-0.2, -0.15) is 0 Å². The number of carbonyl (C=O) groups is 4. The summed E-state index contributed by atoms with van der Waals surface area (Å²) in [5.74, 6) is -2.05. The minimum absolute atomic E-state index is 0.156. The van der Waals surface area contributed by atoms with E-state index in [0.717, 1.165) is 5.56 Å². The zero-order chi connectivity index (χ0) is 19.6. The fourth-order valence-corrected chi connectivity index (χ4v) is 2.06. The third-order valence-corrected chi connectivity index (χ3v) is 3.42. The van der Waals surface area contributed by atoms with Crippen LogP contribution in [0.25, 0.3) is 0 Å². The van der Waals surface area contributed by atoms with Gasteiger partial charge in [0.05, 0.1) is 18.2 Å². The lowest BCUT2D eigenvalue weighted by Gasteiger charge is -2.08. The molecule has 0 aliphatic heterocycles. The van der Waals surface area contributed by atoms with Crippen LogP contribution in [0.5, 0.6) is 0 Å². The molecular weight excluding hydrogens is 352 g/mol. The molecule has 0 atom stereocenters. The average molecular weight is 370 g/mol. The van der Waals surface area contributed by atoms with Crippen LogP contribution in [0, 0.1) is 0 Å². The molecule has 0 radical (unpaired) electrons. The molecule has 0 saturated carbocycles. The van der Waals surface area contributed by atoms with Crippen LogP contribution >= 0.6 is 0 Å². The van der Waals surface area contributed by atoms with E-state index in [-0.39, 0.29) is 17.7 Å². The van der Waals surface area contributed by atoms with E-state index in [0.29, 0.717) is 0 Å². The van der Waals surface area contributed by atoms with Gasteiger partial charge < -0.3 is 14.8 Å². The molecule has 140 valence electrons. The maximum Gasteiger partial charge on any atom is 0.338 e. The van der Waals surface area contributed by atoms with Crippen LogP contribution in [0.3, 0.4) is 0 Å². The van der Waals surface area contributed by atoms with E-state index in [1.807, 2.05) is 30.3 Å². The minimum atomic E-state index is -0.764. The van der Waals surface area contributed by atoms with Gasteiger partial charge in [0, 0.05) is 6.54 Å². The standard InChI is InChI=1S/C19H18N2O6/c1-26-17(23)14-7-9-15(10-8-14)18(24)27-12-16(22)21-19(25)20-11-13-5-3-2-4-6-13/h2-10H,11-12H2,1H3,(H2,20,21,22,25). The van der Waals surface area contributed by atoms with Crippen LogP contribution < -0.4 is 10.6 Å². The highest BCUT2D eigenvalue weighted by atomic mass is 16.5. The van der Waals surface area contributed by atoms with Crippen molar-refractivity contribution in [2.45, 2.75) is 6.54 Å². The van der Waals surface area contributed by atoms with Crippen molar-refractivity contribution in [1.82, 2.24) is 10.6 Å². The Morgan fingerprint density at radius 2 is 1.44 bits per heavy atom. The smallest absolute Gasteiger partial charge is 0.338 e. The van der Waals surface area contributed by atoms with Crippen LogP contribution in [-0.2, 0) is 20.8 Å². The van der Waals surface area contributed by atoms with Crippen LogP contribution in [0.15, 0.2) is 54.6 Å². The number of hydrogen-bond acceptors (Lipinski definition) is 6. The molecular formula is C19H18N2O6. The summed E-state index contributed by atoms with van der Waals surface area (Å²) in [6.45, 7) is -0.359. The topological polar surface area (TPSA) is 111 Å². The maximum atomic E-state index is 11.9. The average Bonchev–Trinajstić information content (AvgIpc) is 2.70. The predicted octanol–water partition coefficient (Wildman–Crippen LogP) is 1.66. The Labute approximate surface area is 155 Å². The molecule has 0 aromatic heterocycles. The summed E-state index contributed by atoms with van der Waals surface area (Å²) in [5.41, 5.74) is 1.31. The second-order valence-electron chi connectivity index (χ2n) is 5.36. The number of imide groups is 1. The highest BCUT2D eigenvalue weighted by Gasteiger charge is 2.13. The van der Waals surface area contributed by atoms with Gasteiger partial charge in [-0.3, -0.25) is 10.1 Å². The largest absolute Gasteiger partial charge is 0.465 e. The molecule has 3 amide bonds. The number of amides is 3. The van der Waals surface area contributed by atoms with Gasteiger partial charge >= 0.3 is 18.0 Å². The Morgan fingerprint density at radius 3 is 2.04 bits per heavy atom. The van der Waals surface area contributed by atoms with Gasteiger partial charge in [0.15, 0.2) is 6.61 Å². The first-order chi connectivity index (χ1) is 13.0. The minimum Gasteiger partial charge on any atom is -0.465 e. The molecule has 27 heavy (non-hydrogen) atoms. The monoisotopic (exact) mass is 370 g/mol. The normalized spacial score (nSPS) is 9.81. The van der Waals surface area contributed by atoms with Crippen molar-refractivity contribution in [3.8, 4) is 0 Å². The number of benzene rings is 2. The van der Waals surface area contributed by atoms with Gasteiger partial charge in [-0.1, -0.05) is 30.3 Å². The number of esters is 2. The zero-order valence-electron chi connectivity index (χ0n) is 14.6. The second kappa shape index (κ2) is 9.71. The van der Waals surface area contributed by atoms with Gasteiger partial charge in [-0.15, -0.1) is 0 Å². The van der Waals surface area contributed by atoms with E-state index >= 15 is 0 Å². The molecule has 8 heteroatoms. The number of urea groups is 1. The van der Waals surface area contributed by atoms with Crippen molar-refractivity contribution < 1.29 is 28.7 Å². The summed E-state index contributed by atoms with van der Waals surface area (Å²) in [6.07, 6.45) is 0. The van der Waals surface area contributed by atoms with Crippen LogP contribution in [0.4, 0.5) is 4.79 Å². The number of rotatable bonds is 6. The molecule has 0 fully saturated rings. The highest BCUT2D eigenvalue weighted by Crippen LogP contribution is 2.07. The Morgan fingerprint density at radius 1 is 0.852 bits per heavy atom. The number of ether oxygens (including phenoxy) is 2. The maximum absolute atomic E-state index is 11.9. The van der Waals surface area contributed by atoms with Gasteiger partial charge in [0.1, 0.15) is 0 Å².